The summed E-state index contributed by atoms with van der Waals surface area (Å²) in [7, 11) is -4.89. The Bertz CT molecular complexity index is 605. The molecule has 0 radical (unpaired) electrons. The van der Waals surface area contributed by atoms with Crippen LogP contribution in [-0.4, -0.2) is 28.3 Å². The fourth-order valence-corrected chi connectivity index (χ4v) is 2.00. The van der Waals surface area contributed by atoms with E-state index < -0.39 is 15.4 Å². The van der Waals surface area contributed by atoms with Crippen LogP contribution in [0.15, 0.2) is 22.1 Å². The third kappa shape index (κ3) is 2.18. The van der Waals surface area contributed by atoms with Gasteiger partial charge in [0.05, 0.1) is 11.8 Å². The Kier molecular flexibility index (Phi) is 2.92. The zero-order valence-electron chi connectivity index (χ0n) is 8.87. The van der Waals surface area contributed by atoms with Crippen LogP contribution in [0.4, 0.5) is 3.89 Å². The van der Waals surface area contributed by atoms with Gasteiger partial charge < -0.3 is 4.52 Å². The Morgan fingerprint density at radius 3 is 2.76 bits per heavy atom. The molecule has 0 aliphatic carbocycles. The van der Waals surface area contributed by atoms with Gasteiger partial charge in [-0.1, -0.05) is 16.0 Å². The number of hydrogen-bond donors (Lipinski definition) is 0. The molecule has 7 nitrogen and oxygen atoms in total. The Hall–Kier alpha value is -1.77. The van der Waals surface area contributed by atoms with Crippen molar-refractivity contribution in [3.63, 3.8) is 0 Å². The average Bonchev–Trinajstić information content (AvgIpc) is 2.82. The maximum Gasteiger partial charge on any atom is 0.368 e. The molecule has 9 heteroatoms. The van der Waals surface area contributed by atoms with Gasteiger partial charge in [-0.2, -0.15) is 8.42 Å². The van der Waals surface area contributed by atoms with Crippen LogP contribution in [0.3, 0.4) is 0 Å². The predicted molar refractivity (Wildman–Crippen MR) is 54.1 cm³/mol. The molecule has 2 rings (SSSR count). The highest BCUT2D eigenvalue weighted by Crippen LogP contribution is 2.21. The summed E-state index contributed by atoms with van der Waals surface area (Å²) in [5, 5.41) is 9.75. The van der Waals surface area contributed by atoms with Crippen molar-refractivity contribution >= 4 is 10.2 Å². The molecule has 2 heterocycles. The monoisotopic (exact) mass is 260 g/mol. The van der Waals surface area contributed by atoms with Crippen molar-refractivity contribution in [2.45, 2.75) is 25.0 Å². The van der Waals surface area contributed by atoms with Crippen LogP contribution in [0.1, 0.15) is 13.3 Å². The second kappa shape index (κ2) is 4.24. The summed E-state index contributed by atoms with van der Waals surface area (Å²) in [5.74, 6) is 0.212. The summed E-state index contributed by atoms with van der Waals surface area (Å²) in [4.78, 5) is 0. The van der Waals surface area contributed by atoms with E-state index in [2.05, 4.69) is 19.9 Å². The van der Waals surface area contributed by atoms with E-state index in [1.807, 2.05) is 6.92 Å². The van der Waals surface area contributed by atoms with Crippen LogP contribution in [-0.2, 0) is 16.8 Å². The Morgan fingerprint density at radius 2 is 2.24 bits per heavy atom. The molecule has 0 aliphatic rings. The van der Waals surface area contributed by atoms with Gasteiger partial charge in [0, 0.05) is 6.54 Å². The lowest BCUT2D eigenvalue weighted by Crippen LogP contribution is -2.08. The zero-order valence-corrected chi connectivity index (χ0v) is 9.69. The first-order valence-corrected chi connectivity index (χ1v) is 6.20. The van der Waals surface area contributed by atoms with E-state index in [9.17, 15) is 12.3 Å². The summed E-state index contributed by atoms with van der Waals surface area (Å²) in [5.41, 5.74) is 0.445. The van der Waals surface area contributed by atoms with Gasteiger partial charge in [-0.05, 0) is 6.42 Å². The van der Waals surface area contributed by atoms with Crippen molar-refractivity contribution in [1.82, 2.24) is 19.9 Å². The van der Waals surface area contributed by atoms with Crippen LogP contribution in [0.5, 0.6) is 0 Å². The number of rotatable bonds is 4. The van der Waals surface area contributed by atoms with Crippen LogP contribution < -0.4 is 0 Å². The number of hydrogen-bond acceptors (Lipinski definition) is 6. The number of halogens is 1. The minimum absolute atomic E-state index is 0.212. The van der Waals surface area contributed by atoms with Crippen molar-refractivity contribution < 1.29 is 16.8 Å². The summed E-state index contributed by atoms with van der Waals surface area (Å²) in [6.07, 6.45) is 3.24. The molecule has 0 amide bonds. The second-order valence-corrected chi connectivity index (χ2v) is 4.55. The van der Waals surface area contributed by atoms with Gasteiger partial charge in [0.1, 0.15) is 6.26 Å². The Labute approximate surface area is 96.5 Å². The molecule has 17 heavy (non-hydrogen) atoms. The second-order valence-electron chi connectivity index (χ2n) is 3.31. The zero-order chi connectivity index (χ0) is 12.5. The lowest BCUT2D eigenvalue weighted by molar-refractivity contribution is 0.420. The minimum atomic E-state index is -4.89. The van der Waals surface area contributed by atoms with E-state index in [-0.39, 0.29) is 12.4 Å². The standard InChI is InChI=1S/C8H9FN4O3S/c1-2-3-13-7(6-4-10-16-5-6)11-12-8(13)17(9,14)15/h4-5H,2-3H2,1H3. The van der Waals surface area contributed by atoms with Gasteiger partial charge in [0.2, 0.25) is 0 Å². The summed E-state index contributed by atoms with van der Waals surface area (Å²) >= 11 is 0. The number of nitrogens with zero attached hydrogens (tertiary/aromatic N) is 4. The molecule has 2 aromatic rings. The molecule has 0 atom stereocenters. The molecule has 0 aromatic carbocycles. The van der Waals surface area contributed by atoms with Crippen molar-refractivity contribution in [2.24, 2.45) is 0 Å². The van der Waals surface area contributed by atoms with E-state index in [0.717, 1.165) is 0 Å². The Morgan fingerprint density at radius 1 is 1.47 bits per heavy atom. The topological polar surface area (TPSA) is 90.9 Å². The molecule has 0 spiro atoms. The lowest BCUT2D eigenvalue weighted by Gasteiger charge is -2.04. The van der Waals surface area contributed by atoms with Gasteiger partial charge in [0.15, 0.2) is 5.82 Å². The first kappa shape index (κ1) is 11.7. The highest BCUT2D eigenvalue weighted by Gasteiger charge is 2.24. The molecule has 2 aromatic heterocycles. The SMILES string of the molecule is CCCn1c(-c2cnoc2)nnc1S(=O)(=O)F. The molecule has 92 valence electrons. The van der Waals surface area contributed by atoms with E-state index >= 15 is 0 Å². The van der Waals surface area contributed by atoms with Crippen LogP contribution in [0.25, 0.3) is 11.4 Å². The van der Waals surface area contributed by atoms with Crippen molar-refractivity contribution in [3.05, 3.63) is 12.5 Å². The fourth-order valence-electron chi connectivity index (χ4n) is 1.42. The molecule has 0 saturated heterocycles. The number of aromatic nitrogens is 4. The maximum atomic E-state index is 13.0. The predicted octanol–water partition coefficient (Wildman–Crippen LogP) is 1.00. The lowest BCUT2D eigenvalue weighted by atomic mass is 10.3. The van der Waals surface area contributed by atoms with Crippen molar-refractivity contribution in [3.8, 4) is 11.4 Å². The smallest absolute Gasteiger partial charge is 0.364 e. The Balaban J connectivity index is 2.59. The normalized spacial score (nSPS) is 11.9. The molecular formula is C8H9FN4O3S. The summed E-state index contributed by atoms with van der Waals surface area (Å²) in [6, 6.07) is 0. The van der Waals surface area contributed by atoms with Gasteiger partial charge in [-0.3, -0.25) is 4.57 Å². The third-order valence-electron chi connectivity index (χ3n) is 2.07. The molecule has 0 aliphatic heterocycles. The molecule has 0 fully saturated rings. The first-order chi connectivity index (χ1) is 8.04. The first-order valence-electron chi connectivity index (χ1n) is 4.81. The van der Waals surface area contributed by atoms with E-state index in [4.69, 9.17) is 0 Å². The van der Waals surface area contributed by atoms with Crippen LogP contribution in [0, 0.1) is 0 Å². The highest BCUT2D eigenvalue weighted by molar-refractivity contribution is 7.86. The fraction of sp³-hybridized carbons (Fsp3) is 0.375. The van der Waals surface area contributed by atoms with Crippen molar-refractivity contribution in [1.29, 1.82) is 0 Å². The molecule has 0 unspecified atom stereocenters. The highest BCUT2D eigenvalue weighted by atomic mass is 32.3. The maximum absolute atomic E-state index is 13.0. The van der Waals surface area contributed by atoms with Crippen LogP contribution in [0.2, 0.25) is 0 Å². The average molecular weight is 260 g/mol. The molecular weight excluding hydrogens is 251 g/mol. The van der Waals surface area contributed by atoms with Crippen molar-refractivity contribution in [2.75, 3.05) is 0 Å². The van der Waals surface area contributed by atoms with E-state index in [0.29, 0.717) is 12.0 Å². The molecule has 0 saturated carbocycles. The summed E-state index contributed by atoms with van der Waals surface area (Å²) in [6.45, 7) is 2.11. The van der Waals surface area contributed by atoms with Gasteiger partial charge in [-0.25, -0.2) is 0 Å². The van der Waals surface area contributed by atoms with E-state index in [1.165, 1.54) is 17.0 Å². The third-order valence-corrected chi connectivity index (χ3v) is 2.81. The van der Waals surface area contributed by atoms with Gasteiger partial charge >= 0.3 is 10.2 Å². The minimum Gasteiger partial charge on any atom is -0.364 e. The van der Waals surface area contributed by atoms with Gasteiger partial charge in [0.25, 0.3) is 5.16 Å². The quantitative estimate of drug-likeness (QED) is 0.762. The van der Waals surface area contributed by atoms with E-state index in [1.54, 1.807) is 0 Å². The molecule has 0 bridgehead atoms. The summed E-state index contributed by atoms with van der Waals surface area (Å²) < 4.78 is 40.5. The van der Waals surface area contributed by atoms with Gasteiger partial charge in [-0.15, -0.1) is 10.2 Å². The molecule has 0 N–H and O–H groups in total. The van der Waals surface area contributed by atoms with Crippen LogP contribution >= 0.6 is 0 Å². The largest absolute Gasteiger partial charge is 0.368 e.